The lowest BCUT2D eigenvalue weighted by Gasteiger charge is -2.24. The molecule has 0 aliphatic heterocycles. The van der Waals surface area contributed by atoms with Crippen LogP contribution in [0.2, 0.25) is 0 Å². The Labute approximate surface area is 81.2 Å². The van der Waals surface area contributed by atoms with E-state index < -0.39 is 12.2 Å². The van der Waals surface area contributed by atoms with Gasteiger partial charge >= 0.3 is 0 Å². The molecule has 1 aromatic rings. The number of alkyl halides is 1. The van der Waals surface area contributed by atoms with Crippen LogP contribution in [-0.2, 0) is 6.42 Å². The molecule has 0 aromatic heterocycles. The van der Waals surface area contributed by atoms with Crippen LogP contribution >= 0.6 is 0 Å². The number of aryl methyl sites for hydroxylation is 1. The summed E-state index contributed by atoms with van der Waals surface area (Å²) in [5.41, 5.74) is 10.3. The van der Waals surface area contributed by atoms with E-state index in [1.807, 2.05) is 24.3 Å². The Morgan fingerprint density at radius 3 is 3.00 bits per heavy atom. The molecule has 0 spiro atoms. The van der Waals surface area contributed by atoms with Crippen LogP contribution in [0.5, 0.6) is 0 Å². The van der Waals surface area contributed by atoms with Gasteiger partial charge in [0.25, 0.3) is 0 Å². The van der Waals surface area contributed by atoms with E-state index >= 15 is 0 Å². The van der Waals surface area contributed by atoms with E-state index in [1.54, 1.807) is 0 Å². The van der Waals surface area contributed by atoms with Gasteiger partial charge in [0.1, 0.15) is 6.17 Å². The Morgan fingerprint density at radius 1 is 1.43 bits per heavy atom. The summed E-state index contributed by atoms with van der Waals surface area (Å²) in [5.74, 6) is 0. The predicted molar refractivity (Wildman–Crippen MR) is 51.5 cm³/mol. The minimum absolute atomic E-state index is 0.445. The summed E-state index contributed by atoms with van der Waals surface area (Å²) >= 11 is 0. The van der Waals surface area contributed by atoms with Crippen LogP contribution in [0.15, 0.2) is 29.4 Å². The van der Waals surface area contributed by atoms with Crippen molar-refractivity contribution in [2.75, 3.05) is 0 Å². The van der Waals surface area contributed by atoms with E-state index in [0.717, 1.165) is 17.5 Å². The van der Waals surface area contributed by atoms with Crippen molar-refractivity contribution in [1.29, 1.82) is 0 Å². The van der Waals surface area contributed by atoms with Crippen molar-refractivity contribution in [3.05, 3.63) is 45.8 Å². The maximum absolute atomic E-state index is 13.4. The van der Waals surface area contributed by atoms with Crippen LogP contribution in [-0.4, -0.2) is 6.17 Å². The summed E-state index contributed by atoms with van der Waals surface area (Å²) < 4.78 is 13.4. The molecule has 1 aliphatic rings. The quantitative estimate of drug-likeness (QED) is 0.371. The number of halogens is 1. The third-order valence-electron chi connectivity index (χ3n) is 2.58. The molecule has 0 fully saturated rings. The van der Waals surface area contributed by atoms with Gasteiger partial charge in [0.05, 0.1) is 6.04 Å². The molecule has 2 atom stereocenters. The zero-order chi connectivity index (χ0) is 9.97. The molecule has 0 N–H and O–H groups in total. The lowest BCUT2D eigenvalue weighted by atomic mass is 9.87. The molecule has 0 saturated heterocycles. The van der Waals surface area contributed by atoms with Crippen LogP contribution in [0.4, 0.5) is 4.39 Å². The van der Waals surface area contributed by atoms with Crippen LogP contribution in [0.1, 0.15) is 23.6 Å². The van der Waals surface area contributed by atoms with Gasteiger partial charge in [-0.05, 0) is 29.5 Å². The number of nitrogens with zero attached hydrogens (tertiary/aromatic N) is 3. The zero-order valence-corrected chi connectivity index (χ0v) is 7.60. The smallest absolute Gasteiger partial charge is 0.113 e. The van der Waals surface area contributed by atoms with Gasteiger partial charge in [-0.15, -0.1) is 0 Å². The SMILES string of the molecule is [N-]=[N+]=N[C@@H]1c2ccccc2CC[C@H]1F. The van der Waals surface area contributed by atoms with Crippen molar-refractivity contribution < 1.29 is 4.39 Å². The van der Waals surface area contributed by atoms with E-state index in [0.29, 0.717) is 6.42 Å². The first-order chi connectivity index (χ1) is 6.83. The molecule has 0 unspecified atom stereocenters. The number of hydrogen-bond acceptors (Lipinski definition) is 1. The van der Waals surface area contributed by atoms with Gasteiger partial charge in [-0.3, -0.25) is 0 Å². The summed E-state index contributed by atoms with van der Waals surface area (Å²) in [7, 11) is 0. The van der Waals surface area contributed by atoms with E-state index in [4.69, 9.17) is 5.53 Å². The van der Waals surface area contributed by atoms with Gasteiger partial charge in [0, 0.05) is 4.91 Å². The van der Waals surface area contributed by atoms with Gasteiger partial charge in [-0.25, -0.2) is 4.39 Å². The van der Waals surface area contributed by atoms with E-state index in [1.165, 1.54) is 0 Å². The Bertz CT molecular complexity index is 385. The number of azide groups is 1. The summed E-state index contributed by atoms with van der Waals surface area (Å²) in [6, 6.07) is 6.92. The second-order valence-electron chi connectivity index (χ2n) is 3.40. The van der Waals surface area contributed by atoms with Crippen LogP contribution in [0.25, 0.3) is 10.4 Å². The summed E-state index contributed by atoms with van der Waals surface area (Å²) in [6.45, 7) is 0. The molecule has 72 valence electrons. The van der Waals surface area contributed by atoms with Crippen molar-refractivity contribution in [2.24, 2.45) is 5.11 Å². The zero-order valence-electron chi connectivity index (χ0n) is 7.60. The van der Waals surface area contributed by atoms with Gasteiger partial charge < -0.3 is 0 Å². The molecule has 0 bridgehead atoms. The number of hydrogen-bond donors (Lipinski definition) is 0. The summed E-state index contributed by atoms with van der Waals surface area (Å²) in [4.78, 5) is 2.69. The van der Waals surface area contributed by atoms with E-state index in [9.17, 15) is 4.39 Å². The maximum atomic E-state index is 13.4. The number of rotatable bonds is 1. The Hall–Kier alpha value is -1.54. The predicted octanol–water partition coefficient (Wildman–Crippen LogP) is 3.32. The summed E-state index contributed by atoms with van der Waals surface area (Å²) in [6.07, 6.45) is 0.135. The van der Waals surface area contributed by atoms with Crippen LogP contribution in [0.3, 0.4) is 0 Å². The molecule has 1 aromatic carbocycles. The van der Waals surface area contributed by atoms with Crippen molar-refractivity contribution in [3.63, 3.8) is 0 Å². The van der Waals surface area contributed by atoms with Crippen molar-refractivity contribution in [1.82, 2.24) is 0 Å². The molecule has 14 heavy (non-hydrogen) atoms. The van der Waals surface area contributed by atoms with Gasteiger partial charge in [-0.1, -0.05) is 29.4 Å². The largest absolute Gasteiger partial charge is 0.247 e. The second-order valence-corrected chi connectivity index (χ2v) is 3.40. The first kappa shape index (κ1) is 9.03. The average Bonchev–Trinajstić information content (AvgIpc) is 2.23. The number of fused-ring (bicyclic) bond motifs is 1. The standard InChI is InChI=1S/C10H10FN3/c11-9-6-5-7-3-1-2-4-8(7)10(9)13-14-12/h1-4,9-10H,5-6H2/t9-,10-/m1/s1. The highest BCUT2D eigenvalue weighted by molar-refractivity contribution is 5.33. The highest BCUT2D eigenvalue weighted by atomic mass is 19.1. The normalized spacial score (nSPS) is 24.9. The fourth-order valence-electron chi connectivity index (χ4n) is 1.89. The van der Waals surface area contributed by atoms with Crippen LogP contribution < -0.4 is 0 Å². The van der Waals surface area contributed by atoms with Crippen molar-refractivity contribution in [2.45, 2.75) is 25.1 Å². The van der Waals surface area contributed by atoms with Crippen molar-refractivity contribution >= 4 is 0 Å². The Kier molecular flexibility index (Phi) is 2.37. The highest BCUT2D eigenvalue weighted by Gasteiger charge is 2.27. The maximum Gasteiger partial charge on any atom is 0.113 e. The monoisotopic (exact) mass is 191 g/mol. The summed E-state index contributed by atoms with van der Waals surface area (Å²) in [5, 5.41) is 3.51. The van der Waals surface area contributed by atoms with Crippen LogP contribution in [0, 0.1) is 0 Å². The minimum Gasteiger partial charge on any atom is -0.247 e. The molecule has 4 heteroatoms. The molecule has 1 aliphatic carbocycles. The Balaban J connectivity index is 2.45. The molecule has 0 saturated carbocycles. The van der Waals surface area contributed by atoms with Gasteiger partial charge in [0.2, 0.25) is 0 Å². The Morgan fingerprint density at radius 2 is 2.21 bits per heavy atom. The lowest BCUT2D eigenvalue weighted by molar-refractivity contribution is 0.255. The average molecular weight is 191 g/mol. The highest BCUT2D eigenvalue weighted by Crippen LogP contribution is 2.34. The first-order valence-electron chi connectivity index (χ1n) is 4.59. The molecule has 0 radical (unpaired) electrons. The number of benzene rings is 1. The fourth-order valence-corrected chi connectivity index (χ4v) is 1.89. The van der Waals surface area contributed by atoms with Crippen molar-refractivity contribution in [3.8, 4) is 0 Å². The fraction of sp³-hybridized carbons (Fsp3) is 0.400. The molecular formula is C10H10FN3. The molecule has 0 heterocycles. The molecule has 3 nitrogen and oxygen atoms in total. The first-order valence-corrected chi connectivity index (χ1v) is 4.59. The van der Waals surface area contributed by atoms with E-state index in [2.05, 4.69) is 10.0 Å². The minimum atomic E-state index is -1.04. The topological polar surface area (TPSA) is 48.8 Å². The molecule has 2 rings (SSSR count). The van der Waals surface area contributed by atoms with Gasteiger partial charge in [-0.2, -0.15) is 0 Å². The third kappa shape index (κ3) is 1.44. The lowest BCUT2D eigenvalue weighted by Crippen LogP contribution is -2.19. The molecular weight excluding hydrogens is 181 g/mol. The molecule has 0 amide bonds. The second kappa shape index (κ2) is 3.68. The van der Waals surface area contributed by atoms with Gasteiger partial charge in [0.15, 0.2) is 0 Å². The third-order valence-corrected chi connectivity index (χ3v) is 2.58. The van der Waals surface area contributed by atoms with E-state index in [-0.39, 0.29) is 0 Å².